The molecule has 1 aromatic heterocycles. The fourth-order valence-electron chi connectivity index (χ4n) is 3.11. The number of aromatic nitrogens is 2. The zero-order chi connectivity index (χ0) is 14.7. The molecule has 0 bridgehead atoms. The summed E-state index contributed by atoms with van der Waals surface area (Å²) < 4.78 is 0. The molecule has 2 aromatic rings. The molecule has 1 unspecified atom stereocenters. The Morgan fingerprint density at radius 2 is 1.86 bits per heavy atom. The number of rotatable bonds is 5. The molecule has 0 radical (unpaired) electrons. The number of hydrogen-bond acceptors (Lipinski definition) is 4. The van der Waals surface area contributed by atoms with E-state index in [-0.39, 0.29) is 0 Å². The summed E-state index contributed by atoms with van der Waals surface area (Å²) in [4.78, 5) is 2.56. The van der Waals surface area contributed by atoms with E-state index >= 15 is 0 Å². The monoisotopic (exact) mass is 284 g/mol. The lowest BCUT2D eigenvalue weighted by molar-refractivity contribution is 0.294. The van der Waals surface area contributed by atoms with Gasteiger partial charge in [0.05, 0.1) is 5.69 Å². The van der Waals surface area contributed by atoms with Crippen LogP contribution in [0.5, 0.6) is 0 Å². The van der Waals surface area contributed by atoms with Crippen LogP contribution >= 0.6 is 0 Å². The van der Waals surface area contributed by atoms with Crippen LogP contribution in [-0.2, 0) is 0 Å². The number of nitrogens with zero attached hydrogens (tertiary/aromatic N) is 3. The van der Waals surface area contributed by atoms with Crippen molar-refractivity contribution in [2.75, 3.05) is 31.5 Å². The van der Waals surface area contributed by atoms with Crippen LogP contribution in [0.3, 0.4) is 0 Å². The minimum atomic E-state index is 0.616. The van der Waals surface area contributed by atoms with Crippen LogP contribution in [0.4, 0.5) is 5.82 Å². The van der Waals surface area contributed by atoms with Crippen LogP contribution in [0.2, 0.25) is 0 Å². The molecular weight excluding hydrogens is 260 g/mol. The Morgan fingerprint density at radius 3 is 2.62 bits per heavy atom. The van der Waals surface area contributed by atoms with Gasteiger partial charge in [0.25, 0.3) is 0 Å². The van der Waals surface area contributed by atoms with Crippen molar-refractivity contribution < 1.29 is 0 Å². The van der Waals surface area contributed by atoms with E-state index in [0.717, 1.165) is 18.1 Å². The number of fused-ring (bicyclic) bond motifs is 1. The quantitative estimate of drug-likeness (QED) is 0.916. The molecule has 0 amide bonds. The first-order chi connectivity index (χ1) is 10.2. The number of hydrogen-bond donors (Lipinski definition) is 1. The SMILES string of the molecule is Cc1nnc(NCC(C)CN2CCCC2)c2ccccc12. The van der Waals surface area contributed by atoms with Crippen molar-refractivity contribution in [1.82, 2.24) is 15.1 Å². The molecule has 1 fully saturated rings. The van der Waals surface area contributed by atoms with Crippen molar-refractivity contribution in [2.45, 2.75) is 26.7 Å². The third kappa shape index (κ3) is 3.32. The summed E-state index contributed by atoms with van der Waals surface area (Å²) >= 11 is 0. The van der Waals surface area contributed by atoms with Crippen LogP contribution in [0.25, 0.3) is 10.8 Å². The third-order valence-electron chi connectivity index (χ3n) is 4.26. The first-order valence-corrected chi connectivity index (χ1v) is 7.92. The number of aryl methyl sites for hydroxylation is 1. The predicted molar refractivity (Wildman–Crippen MR) is 87.6 cm³/mol. The zero-order valence-electron chi connectivity index (χ0n) is 13.0. The lowest BCUT2D eigenvalue weighted by atomic mass is 10.1. The summed E-state index contributed by atoms with van der Waals surface area (Å²) in [5.41, 5.74) is 0.987. The van der Waals surface area contributed by atoms with Crippen LogP contribution in [0, 0.1) is 12.8 Å². The Hall–Kier alpha value is -1.68. The van der Waals surface area contributed by atoms with Gasteiger partial charge in [-0.25, -0.2) is 0 Å². The molecule has 2 heterocycles. The van der Waals surface area contributed by atoms with Gasteiger partial charge in [-0.3, -0.25) is 0 Å². The van der Waals surface area contributed by atoms with E-state index in [1.54, 1.807) is 0 Å². The van der Waals surface area contributed by atoms with Crippen LogP contribution in [-0.4, -0.2) is 41.3 Å². The Bertz CT molecular complexity index is 605. The molecule has 112 valence electrons. The van der Waals surface area contributed by atoms with Crippen molar-refractivity contribution in [3.8, 4) is 0 Å². The fourth-order valence-corrected chi connectivity index (χ4v) is 3.11. The van der Waals surface area contributed by atoms with E-state index in [4.69, 9.17) is 0 Å². The third-order valence-corrected chi connectivity index (χ3v) is 4.26. The minimum Gasteiger partial charge on any atom is -0.368 e. The molecule has 1 aromatic carbocycles. The van der Waals surface area contributed by atoms with Crippen molar-refractivity contribution in [3.63, 3.8) is 0 Å². The number of likely N-dealkylation sites (tertiary alicyclic amines) is 1. The number of nitrogens with one attached hydrogen (secondary N) is 1. The topological polar surface area (TPSA) is 41.1 Å². The molecule has 1 N–H and O–H groups in total. The molecule has 0 saturated carbocycles. The summed E-state index contributed by atoms with van der Waals surface area (Å²) in [7, 11) is 0. The maximum Gasteiger partial charge on any atom is 0.156 e. The maximum atomic E-state index is 4.34. The molecule has 1 aliphatic heterocycles. The summed E-state index contributed by atoms with van der Waals surface area (Å²) in [6.45, 7) is 8.95. The van der Waals surface area contributed by atoms with Crippen LogP contribution in [0.1, 0.15) is 25.5 Å². The standard InChI is InChI=1S/C17H24N4/c1-13(12-21-9-5-6-10-21)11-18-17-16-8-4-3-7-15(16)14(2)19-20-17/h3-4,7-8,13H,5-6,9-12H2,1-2H3,(H,18,20). The first kappa shape index (κ1) is 14.3. The number of anilines is 1. The summed E-state index contributed by atoms with van der Waals surface area (Å²) in [5, 5.41) is 14.4. The van der Waals surface area contributed by atoms with Gasteiger partial charge in [-0.05, 0) is 38.8 Å². The van der Waals surface area contributed by atoms with Crippen molar-refractivity contribution in [3.05, 3.63) is 30.0 Å². The first-order valence-electron chi connectivity index (χ1n) is 7.92. The summed E-state index contributed by atoms with van der Waals surface area (Å²) in [6, 6.07) is 8.34. The normalized spacial score (nSPS) is 17.2. The largest absolute Gasteiger partial charge is 0.368 e. The molecule has 0 aliphatic carbocycles. The minimum absolute atomic E-state index is 0.616. The molecular formula is C17H24N4. The molecule has 4 nitrogen and oxygen atoms in total. The Morgan fingerprint density at radius 1 is 1.14 bits per heavy atom. The Balaban J connectivity index is 1.66. The average molecular weight is 284 g/mol. The lowest BCUT2D eigenvalue weighted by Gasteiger charge is -2.20. The highest BCUT2D eigenvalue weighted by molar-refractivity contribution is 5.92. The second-order valence-electron chi connectivity index (χ2n) is 6.17. The average Bonchev–Trinajstić information content (AvgIpc) is 3.00. The van der Waals surface area contributed by atoms with Crippen molar-refractivity contribution in [1.29, 1.82) is 0 Å². The molecule has 3 rings (SSSR count). The molecule has 21 heavy (non-hydrogen) atoms. The van der Waals surface area contributed by atoms with Gasteiger partial charge in [0.1, 0.15) is 0 Å². The molecule has 0 spiro atoms. The maximum absolute atomic E-state index is 4.34. The van der Waals surface area contributed by atoms with E-state index in [1.807, 2.05) is 6.92 Å². The highest BCUT2D eigenvalue weighted by atomic mass is 15.2. The van der Waals surface area contributed by atoms with Gasteiger partial charge in [-0.2, -0.15) is 5.10 Å². The van der Waals surface area contributed by atoms with Crippen molar-refractivity contribution in [2.24, 2.45) is 5.92 Å². The highest BCUT2D eigenvalue weighted by Crippen LogP contribution is 2.22. The van der Waals surface area contributed by atoms with Gasteiger partial charge in [0, 0.05) is 23.9 Å². The smallest absolute Gasteiger partial charge is 0.156 e. The lowest BCUT2D eigenvalue weighted by Crippen LogP contribution is -2.29. The van der Waals surface area contributed by atoms with Gasteiger partial charge in [0.15, 0.2) is 5.82 Å². The van der Waals surface area contributed by atoms with Gasteiger partial charge >= 0.3 is 0 Å². The molecule has 4 heteroatoms. The van der Waals surface area contributed by atoms with E-state index < -0.39 is 0 Å². The summed E-state index contributed by atoms with van der Waals surface area (Å²) in [6.07, 6.45) is 2.71. The second kappa shape index (κ2) is 6.39. The van der Waals surface area contributed by atoms with E-state index in [9.17, 15) is 0 Å². The summed E-state index contributed by atoms with van der Waals surface area (Å²) in [5.74, 6) is 1.52. The molecule has 1 saturated heterocycles. The second-order valence-corrected chi connectivity index (χ2v) is 6.17. The van der Waals surface area contributed by atoms with E-state index in [2.05, 4.69) is 51.6 Å². The van der Waals surface area contributed by atoms with E-state index in [0.29, 0.717) is 5.92 Å². The van der Waals surface area contributed by atoms with Crippen LogP contribution < -0.4 is 5.32 Å². The van der Waals surface area contributed by atoms with Gasteiger partial charge < -0.3 is 10.2 Å². The predicted octanol–water partition coefficient (Wildman–Crippen LogP) is 3.08. The zero-order valence-corrected chi connectivity index (χ0v) is 13.0. The van der Waals surface area contributed by atoms with Gasteiger partial charge in [-0.1, -0.05) is 31.2 Å². The molecule has 1 aliphatic rings. The van der Waals surface area contributed by atoms with Gasteiger partial charge in [-0.15, -0.1) is 5.10 Å². The fraction of sp³-hybridized carbons (Fsp3) is 0.529. The van der Waals surface area contributed by atoms with E-state index in [1.165, 1.54) is 43.2 Å². The Labute approximate surface area is 126 Å². The van der Waals surface area contributed by atoms with Gasteiger partial charge in [0.2, 0.25) is 0 Å². The Kier molecular flexibility index (Phi) is 4.34. The highest BCUT2D eigenvalue weighted by Gasteiger charge is 2.15. The number of benzene rings is 1. The van der Waals surface area contributed by atoms with Crippen LogP contribution in [0.15, 0.2) is 24.3 Å². The molecule has 1 atom stereocenters. The van der Waals surface area contributed by atoms with Crippen molar-refractivity contribution >= 4 is 16.6 Å².